The normalized spacial score (nSPS) is 19.6. The maximum Gasteiger partial charge on any atom is 0.251 e. The Kier molecular flexibility index (Phi) is 3.86. The summed E-state index contributed by atoms with van der Waals surface area (Å²) in [6.07, 6.45) is 0.0168. The third kappa shape index (κ3) is 2.70. The van der Waals surface area contributed by atoms with Crippen LogP contribution in [0.2, 0.25) is 0 Å². The molecule has 22 heavy (non-hydrogen) atoms. The molecule has 114 valence electrons. The van der Waals surface area contributed by atoms with Gasteiger partial charge < -0.3 is 15.3 Å². The van der Waals surface area contributed by atoms with Crippen LogP contribution in [0.3, 0.4) is 0 Å². The number of anilines is 1. The molecular weight excluding hydrogens is 276 g/mol. The molecule has 3 rings (SSSR count). The molecule has 0 heterocycles. The second-order valence-electron chi connectivity index (χ2n) is 5.86. The van der Waals surface area contributed by atoms with Crippen LogP contribution < -0.4 is 10.2 Å². The maximum absolute atomic E-state index is 12.4. The molecule has 2 aromatic carbocycles. The van der Waals surface area contributed by atoms with Crippen LogP contribution in [-0.2, 0) is 6.42 Å². The van der Waals surface area contributed by atoms with E-state index in [0.29, 0.717) is 12.0 Å². The second kappa shape index (κ2) is 5.81. The van der Waals surface area contributed by atoms with Crippen LogP contribution in [0.4, 0.5) is 5.69 Å². The smallest absolute Gasteiger partial charge is 0.251 e. The first-order valence-corrected chi connectivity index (χ1v) is 7.40. The standard InChI is InChI=1S/C18H20N2O2/c1-20(2)14-9-7-12(8-10-14)18(22)19-17-15-6-4-3-5-13(15)11-16(17)21/h3-10,16-17,21H,11H2,1-2H3,(H,19,22)/t16-,17+/m0/s1. The Labute approximate surface area is 130 Å². The summed E-state index contributed by atoms with van der Waals surface area (Å²) in [7, 11) is 3.92. The molecule has 0 aliphatic heterocycles. The molecule has 0 aromatic heterocycles. The Morgan fingerprint density at radius 2 is 1.82 bits per heavy atom. The van der Waals surface area contributed by atoms with E-state index in [1.54, 1.807) is 12.1 Å². The van der Waals surface area contributed by atoms with Gasteiger partial charge in [-0.05, 0) is 35.4 Å². The number of carbonyl (C=O) groups excluding carboxylic acids is 1. The Hall–Kier alpha value is -2.33. The number of aliphatic hydroxyl groups is 1. The van der Waals surface area contributed by atoms with Crippen molar-refractivity contribution in [3.05, 3.63) is 65.2 Å². The van der Waals surface area contributed by atoms with Gasteiger partial charge in [-0.3, -0.25) is 4.79 Å². The monoisotopic (exact) mass is 296 g/mol. The molecule has 1 aliphatic carbocycles. The minimum atomic E-state index is -0.567. The highest BCUT2D eigenvalue weighted by Crippen LogP contribution is 2.31. The Balaban J connectivity index is 1.77. The van der Waals surface area contributed by atoms with Crippen LogP contribution in [0.25, 0.3) is 0 Å². The van der Waals surface area contributed by atoms with Gasteiger partial charge >= 0.3 is 0 Å². The van der Waals surface area contributed by atoms with Gasteiger partial charge in [0, 0.05) is 31.8 Å². The Morgan fingerprint density at radius 1 is 1.14 bits per heavy atom. The van der Waals surface area contributed by atoms with Gasteiger partial charge in [-0.15, -0.1) is 0 Å². The van der Waals surface area contributed by atoms with E-state index >= 15 is 0 Å². The molecule has 4 nitrogen and oxygen atoms in total. The summed E-state index contributed by atoms with van der Waals surface area (Å²) in [6.45, 7) is 0. The first-order chi connectivity index (χ1) is 10.6. The lowest BCUT2D eigenvalue weighted by Gasteiger charge is -2.18. The molecule has 2 atom stereocenters. The van der Waals surface area contributed by atoms with E-state index in [2.05, 4.69) is 5.32 Å². The van der Waals surface area contributed by atoms with Gasteiger partial charge in [0.15, 0.2) is 0 Å². The van der Waals surface area contributed by atoms with Gasteiger partial charge in [0.25, 0.3) is 5.91 Å². The molecular formula is C18H20N2O2. The fraction of sp³-hybridized carbons (Fsp3) is 0.278. The summed E-state index contributed by atoms with van der Waals surface area (Å²) < 4.78 is 0. The van der Waals surface area contributed by atoms with Crippen molar-refractivity contribution in [2.75, 3.05) is 19.0 Å². The summed E-state index contributed by atoms with van der Waals surface area (Å²) in [5.41, 5.74) is 3.75. The summed E-state index contributed by atoms with van der Waals surface area (Å²) in [5, 5.41) is 13.1. The van der Waals surface area contributed by atoms with Gasteiger partial charge in [0.2, 0.25) is 0 Å². The second-order valence-corrected chi connectivity index (χ2v) is 5.86. The molecule has 0 saturated carbocycles. The molecule has 0 bridgehead atoms. The average Bonchev–Trinajstić information content (AvgIpc) is 2.83. The molecule has 0 spiro atoms. The summed E-state index contributed by atoms with van der Waals surface area (Å²) in [5.74, 6) is -0.161. The molecule has 0 radical (unpaired) electrons. The predicted octanol–water partition coefficient (Wildman–Crippen LogP) is 2.14. The fourth-order valence-electron chi connectivity index (χ4n) is 2.88. The van der Waals surface area contributed by atoms with Gasteiger partial charge in [-0.25, -0.2) is 0 Å². The number of benzene rings is 2. The van der Waals surface area contributed by atoms with Crippen molar-refractivity contribution in [3.8, 4) is 0 Å². The third-order valence-corrected chi connectivity index (χ3v) is 4.14. The van der Waals surface area contributed by atoms with Crippen LogP contribution >= 0.6 is 0 Å². The molecule has 0 fully saturated rings. The van der Waals surface area contributed by atoms with Crippen LogP contribution in [0.1, 0.15) is 27.5 Å². The molecule has 2 aromatic rings. The van der Waals surface area contributed by atoms with E-state index in [4.69, 9.17) is 0 Å². The number of carbonyl (C=O) groups is 1. The number of rotatable bonds is 3. The zero-order valence-electron chi connectivity index (χ0n) is 12.8. The summed E-state index contributed by atoms with van der Waals surface area (Å²) in [4.78, 5) is 14.4. The van der Waals surface area contributed by atoms with E-state index in [9.17, 15) is 9.90 Å². The minimum absolute atomic E-state index is 0.161. The third-order valence-electron chi connectivity index (χ3n) is 4.14. The fourth-order valence-corrected chi connectivity index (χ4v) is 2.88. The van der Waals surface area contributed by atoms with Gasteiger partial charge in [-0.2, -0.15) is 0 Å². The van der Waals surface area contributed by atoms with E-state index in [0.717, 1.165) is 16.8 Å². The van der Waals surface area contributed by atoms with Crippen molar-refractivity contribution in [2.45, 2.75) is 18.6 Å². The highest BCUT2D eigenvalue weighted by Gasteiger charge is 2.31. The number of hydrogen-bond acceptors (Lipinski definition) is 3. The Bertz CT molecular complexity index is 680. The van der Waals surface area contributed by atoms with Crippen LogP contribution in [0, 0.1) is 0 Å². The predicted molar refractivity (Wildman–Crippen MR) is 87.1 cm³/mol. The van der Waals surface area contributed by atoms with E-state index in [-0.39, 0.29) is 11.9 Å². The zero-order valence-corrected chi connectivity index (χ0v) is 12.8. The maximum atomic E-state index is 12.4. The first kappa shape index (κ1) is 14.6. The van der Waals surface area contributed by atoms with Crippen molar-refractivity contribution in [3.63, 3.8) is 0 Å². The van der Waals surface area contributed by atoms with E-state index in [1.165, 1.54) is 0 Å². The van der Waals surface area contributed by atoms with Crippen molar-refractivity contribution >= 4 is 11.6 Å². The molecule has 2 N–H and O–H groups in total. The SMILES string of the molecule is CN(C)c1ccc(C(=O)N[C@@H]2c3ccccc3C[C@@H]2O)cc1. The minimum Gasteiger partial charge on any atom is -0.390 e. The molecule has 1 amide bonds. The zero-order chi connectivity index (χ0) is 15.7. The van der Waals surface area contributed by atoms with E-state index in [1.807, 2.05) is 55.4 Å². The van der Waals surface area contributed by atoms with Crippen molar-refractivity contribution in [2.24, 2.45) is 0 Å². The van der Waals surface area contributed by atoms with Gasteiger partial charge in [0.1, 0.15) is 0 Å². The topological polar surface area (TPSA) is 52.6 Å². The largest absolute Gasteiger partial charge is 0.390 e. The van der Waals surface area contributed by atoms with Crippen molar-refractivity contribution in [1.82, 2.24) is 5.32 Å². The quantitative estimate of drug-likeness (QED) is 0.912. The average molecular weight is 296 g/mol. The summed E-state index contributed by atoms with van der Waals surface area (Å²) >= 11 is 0. The number of nitrogens with zero attached hydrogens (tertiary/aromatic N) is 1. The number of hydrogen-bond donors (Lipinski definition) is 2. The lowest BCUT2D eigenvalue weighted by atomic mass is 10.1. The van der Waals surface area contributed by atoms with Crippen LogP contribution in [-0.4, -0.2) is 31.2 Å². The van der Waals surface area contributed by atoms with Gasteiger partial charge in [0.05, 0.1) is 12.1 Å². The number of amides is 1. The molecule has 4 heteroatoms. The molecule has 0 saturated heterocycles. The van der Waals surface area contributed by atoms with E-state index < -0.39 is 6.10 Å². The molecule has 1 aliphatic rings. The number of fused-ring (bicyclic) bond motifs is 1. The van der Waals surface area contributed by atoms with Gasteiger partial charge in [-0.1, -0.05) is 24.3 Å². The van der Waals surface area contributed by atoms with Crippen LogP contribution in [0.5, 0.6) is 0 Å². The lowest BCUT2D eigenvalue weighted by Crippen LogP contribution is -2.33. The number of nitrogens with one attached hydrogen (secondary N) is 1. The lowest BCUT2D eigenvalue weighted by molar-refractivity contribution is 0.0858. The first-order valence-electron chi connectivity index (χ1n) is 7.40. The van der Waals surface area contributed by atoms with Crippen molar-refractivity contribution in [1.29, 1.82) is 0 Å². The highest BCUT2D eigenvalue weighted by molar-refractivity contribution is 5.95. The number of aliphatic hydroxyl groups excluding tert-OH is 1. The van der Waals surface area contributed by atoms with Crippen molar-refractivity contribution < 1.29 is 9.90 Å². The molecule has 0 unspecified atom stereocenters. The highest BCUT2D eigenvalue weighted by atomic mass is 16.3. The Morgan fingerprint density at radius 3 is 2.50 bits per heavy atom. The summed E-state index contributed by atoms with van der Waals surface area (Å²) in [6, 6.07) is 14.9. The van der Waals surface area contributed by atoms with Crippen LogP contribution in [0.15, 0.2) is 48.5 Å².